The number of carbonyl (C=O) groups is 1. The summed E-state index contributed by atoms with van der Waals surface area (Å²) in [5.41, 5.74) is 0.847. The molecule has 4 rings (SSSR count). The summed E-state index contributed by atoms with van der Waals surface area (Å²) in [5.74, 6) is -0.844. The molecule has 2 atom stereocenters. The fraction of sp³-hybridized carbons (Fsp3) is 0.200. The van der Waals surface area contributed by atoms with Crippen LogP contribution < -0.4 is 5.32 Å². The third kappa shape index (κ3) is 2.10. The Labute approximate surface area is 128 Å². The molecule has 110 valence electrons. The van der Waals surface area contributed by atoms with Crippen molar-refractivity contribution in [2.24, 2.45) is 5.92 Å². The SMILES string of the molecule is O=C(Nc1nc2c(ccc3ccccc32)s1)C1CC1[N+](=O)[O-]. The van der Waals surface area contributed by atoms with Gasteiger partial charge in [-0.3, -0.25) is 14.9 Å². The number of thiazole rings is 1. The van der Waals surface area contributed by atoms with Crippen molar-refractivity contribution >= 4 is 43.4 Å². The summed E-state index contributed by atoms with van der Waals surface area (Å²) < 4.78 is 0.982. The maximum Gasteiger partial charge on any atom is 0.236 e. The van der Waals surface area contributed by atoms with E-state index in [2.05, 4.69) is 10.3 Å². The number of amides is 1. The summed E-state index contributed by atoms with van der Waals surface area (Å²) in [4.78, 5) is 26.7. The molecule has 2 aromatic carbocycles. The predicted octanol–water partition coefficient (Wildman–Crippen LogP) is 3.05. The maximum atomic E-state index is 12.0. The zero-order valence-corrected chi connectivity index (χ0v) is 12.2. The first-order valence-corrected chi connectivity index (χ1v) is 7.68. The second-order valence-corrected chi connectivity index (χ2v) is 6.37. The van der Waals surface area contributed by atoms with E-state index in [1.54, 1.807) is 0 Å². The van der Waals surface area contributed by atoms with E-state index in [0.29, 0.717) is 11.6 Å². The van der Waals surface area contributed by atoms with Crippen molar-refractivity contribution in [3.8, 4) is 0 Å². The number of carbonyl (C=O) groups excluding carboxylic acids is 1. The van der Waals surface area contributed by atoms with Crippen molar-refractivity contribution in [1.29, 1.82) is 0 Å². The van der Waals surface area contributed by atoms with E-state index in [-0.39, 0.29) is 5.91 Å². The first kappa shape index (κ1) is 13.1. The summed E-state index contributed by atoms with van der Waals surface area (Å²) in [6.07, 6.45) is 0.312. The minimum atomic E-state index is -0.741. The van der Waals surface area contributed by atoms with E-state index in [1.165, 1.54) is 11.3 Å². The highest BCUT2D eigenvalue weighted by Gasteiger charge is 2.53. The molecule has 1 aromatic heterocycles. The zero-order chi connectivity index (χ0) is 15.3. The quantitative estimate of drug-likeness (QED) is 0.595. The molecule has 0 saturated heterocycles. The van der Waals surface area contributed by atoms with Gasteiger partial charge in [-0.05, 0) is 11.5 Å². The van der Waals surface area contributed by atoms with Crippen LogP contribution in [0.2, 0.25) is 0 Å². The molecule has 0 bridgehead atoms. The highest BCUT2D eigenvalue weighted by molar-refractivity contribution is 7.22. The van der Waals surface area contributed by atoms with Crippen LogP contribution in [0, 0.1) is 16.0 Å². The van der Waals surface area contributed by atoms with Crippen molar-refractivity contribution in [2.45, 2.75) is 12.5 Å². The van der Waals surface area contributed by atoms with Crippen molar-refractivity contribution in [2.75, 3.05) is 5.32 Å². The van der Waals surface area contributed by atoms with Crippen molar-refractivity contribution in [3.05, 3.63) is 46.5 Å². The highest BCUT2D eigenvalue weighted by Crippen LogP contribution is 2.36. The van der Waals surface area contributed by atoms with Crippen molar-refractivity contribution in [3.63, 3.8) is 0 Å². The highest BCUT2D eigenvalue weighted by atomic mass is 32.1. The lowest BCUT2D eigenvalue weighted by Crippen LogP contribution is -2.18. The smallest absolute Gasteiger partial charge is 0.236 e. The Morgan fingerprint density at radius 2 is 2.14 bits per heavy atom. The monoisotopic (exact) mass is 313 g/mol. The lowest BCUT2D eigenvalue weighted by molar-refractivity contribution is -0.497. The van der Waals surface area contributed by atoms with Gasteiger partial charge in [0.25, 0.3) is 0 Å². The first-order valence-electron chi connectivity index (χ1n) is 6.86. The normalized spacial score (nSPS) is 20.2. The van der Waals surface area contributed by atoms with Gasteiger partial charge in [-0.15, -0.1) is 0 Å². The molecule has 0 radical (unpaired) electrons. The third-order valence-electron chi connectivity index (χ3n) is 3.88. The number of fused-ring (bicyclic) bond motifs is 3. The number of nitrogens with zero attached hydrogens (tertiary/aromatic N) is 2. The van der Waals surface area contributed by atoms with Gasteiger partial charge in [0.15, 0.2) is 5.13 Å². The van der Waals surface area contributed by atoms with Crippen LogP contribution in [0.1, 0.15) is 6.42 Å². The molecule has 3 aromatic rings. The van der Waals surface area contributed by atoms with E-state index in [9.17, 15) is 14.9 Å². The van der Waals surface area contributed by atoms with Crippen LogP contribution >= 0.6 is 11.3 Å². The van der Waals surface area contributed by atoms with E-state index >= 15 is 0 Å². The van der Waals surface area contributed by atoms with Gasteiger partial charge in [0.1, 0.15) is 5.92 Å². The molecular formula is C15H11N3O3S. The van der Waals surface area contributed by atoms with E-state index < -0.39 is 16.9 Å². The average molecular weight is 313 g/mol. The van der Waals surface area contributed by atoms with Crippen LogP contribution in [0.4, 0.5) is 5.13 Å². The molecule has 1 aliphatic carbocycles. The predicted molar refractivity (Wildman–Crippen MR) is 84.6 cm³/mol. The molecule has 22 heavy (non-hydrogen) atoms. The van der Waals surface area contributed by atoms with E-state index in [1.807, 2.05) is 36.4 Å². The van der Waals surface area contributed by atoms with Gasteiger partial charge in [0.05, 0.1) is 10.2 Å². The van der Waals surface area contributed by atoms with Gasteiger partial charge in [0.2, 0.25) is 11.9 Å². The molecule has 0 spiro atoms. The molecule has 1 saturated carbocycles. The van der Waals surface area contributed by atoms with Gasteiger partial charge < -0.3 is 5.32 Å². The molecule has 7 heteroatoms. The molecular weight excluding hydrogens is 302 g/mol. The number of benzene rings is 2. The minimum Gasteiger partial charge on any atom is -0.301 e. The van der Waals surface area contributed by atoms with E-state index in [0.717, 1.165) is 21.0 Å². The van der Waals surface area contributed by atoms with Gasteiger partial charge in [-0.25, -0.2) is 4.98 Å². The fourth-order valence-corrected chi connectivity index (χ4v) is 3.49. The number of hydrogen-bond acceptors (Lipinski definition) is 5. The van der Waals surface area contributed by atoms with Gasteiger partial charge >= 0.3 is 0 Å². The van der Waals surface area contributed by atoms with Crippen LogP contribution in [0.5, 0.6) is 0 Å². The fourth-order valence-electron chi connectivity index (χ4n) is 2.61. The Kier molecular flexibility index (Phi) is 2.83. The Bertz CT molecular complexity index is 921. The Morgan fingerprint density at radius 1 is 1.32 bits per heavy atom. The Morgan fingerprint density at radius 3 is 2.91 bits per heavy atom. The molecule has 1 heterocycles. The molecule has 1 N–H and O–H groups in total. The number of nitro groups is 1. The second-order valence-electron chi connectivity index (χ2n) is 5.34. The third-order valence-corrected chi connectivity index (χ3v) is 4.81. The standard InChI is InChI=1S/C15H11N3O3S/c19-14(10-7-11(10)18(20)21)17-15-16-13-9-4-2-1-3-8(9)5-6-12(13)22-15/h1-6,10-11H,7H2,(H,16,17,19). The molecule has 1 aliphatic rings. The maximum absolute atomic E-state index is 12.0. The largest absolute Gasteiger partial charge is 0.301 e. The van der Waals surface area contributed by atoms with Crippen LogP contribution in [0.15, 0.2) is 36.4 Å². The second kappa shape index (κ2) is 4.74. The zero-order valence-electron chi connectivity index (χ0n) is 11.4. The van der Waals surface area contributed by atoms with Crippen LogP contribution in [-0.4, -0.2) is 21.9 Å². The summed E-state index contributed by atoms with van der Waals surface area (Å²) >= 11 is 1.38. The summed E-state index contributed by atoms with van der Waals surface area (Å²) in [6, 6.07) is 11.2. The lowest BCUT2D eigenvalue weighted by atomic mass is 10.1. The topological polar surface area (TPSA) is 85.1 Å². The molecule has 6 nitrogen and oxygen atoms in total. The van der Waals surface area contributed by atoms with Crippen LogP contribution in [0.3, 0.4) is 0 Å². The number of hydrogen-bond donors (Lipinski definition) is 1. The van der Waals surface area contributed by atoms with Gasteiger partial charge in [-0.2, -0.15) is 0 Å². The number of aromatic nitrogens is 1. The van der Waals surface area contributed by atoms with Crippen LogP contribution in [0.25, 0.3) is 21.0 Å². The van der Waals surface area contributed by atoms with Crippen molar-refractivity contribution < 1.29 is 9.72 Å². The number of anilines is 1. The summed E-state index contributed by atoms with van der Waals surface area (Å²) in [5, 5.41) is 16.0. The average Bonchev–Trinajstić information content (AvgIpc) is 3.22. The number of nitrogens with one attached hydrogen (secondary N) is 1. The summed E-state index contributed by atoms with van der Waals surface area (Å²) in [6.45, 7) is 0. The van der Waals surface area contributed by atoms with Gasteiger partial charge in [0, 0.05) is 16.7 Å². The first-order chi connectivity index (χ1) is 10.6. The van der Waals surface area contributed by atoms with Gasteiger partial charge in [-0.1, -0.05) is 41.7 Å². The lowest BCUT2D eigenvalue weighted by Gasteiger charge is -1.98. The van der Waals surface area contributed by atoms with Crippen molar-refractivity contribution in [1.82, 2.24) is 4.98 Å². The van der Waals surface area contributed by atoms with Crippen LogP contribution in [-0.2, 0) is 4.79 Å². The molecule has 1 fully saturated rings. The number of rotatable bonds is 3. The molecule has 2 unspecified atom stereocenters. The molecule has 1 amide bonds. The Balaban J connectivity index is 1.64. The Hall–Kier alpha value is -2.54. The summed E-state index contributed by atoms with van der Waals surface area (Å²) in [7, 11) is 0. The van der Waals surface area contributed by atoms with E-state index in [4.69, 9.17) is 0 Å². The molecule has 0 aliphatic heterocycles. The minimum absolute atomic E-state index is 0.312.